The number of halogens is 3. The highest BCUT2D eigenvalue weighted by Crippen LogP contribution is 2.36. The third kappa shape index (κ3) is 12.4. The van der Waals surface area contributed by atoms with Gasteiger partial charge in [-0.2, -0.15) is 0 Å². The van der Waals surface area contributed by atoms with Gasteiger partial charge >= 0.3 is 6.03 Å². The lowest BCUT2D eigenvalue weighted by molar-refractivity contribution is 0.125. The van der Waals surface area contributed by atoms with Crippen LogP contribution in [0.4, 0.5) is 4.79 Å². The molecule has 298 valence electrons. The number of benzene rings is 2. The number of hydrogen-bond donors (Lipinski definition) is 1. The molecule has 16 heteroatoms. The highest BCUT2D eigenvalue weighted by atomic mass is 35.5. The number of allylic oxidation sites excluding steroid dienone is 3. The van der Waals surface area contributed by atoms with E-state index in [9.17, 15) is 21.6 Å². The number of rotatable bonds is 13. The molecular formula is C38H52Cl3N5O6S2. The second kappa shape index (κ2) is 18.1. The monoisotopic (exact) mass is 843 g/mol. The SMILES string of the molecule is CCOc1cc(Cl)c(S(=O)(=O)NC(C)(C)C)cc1/C(=N/C(C)(C)C1C=CC(Cl)=CC1)N(Cc1ccc(Cl)cc1)C(=O)N1CCN(CCCS(C)(=O)=O)CC1. The summed E-state index contributed by atoms with van der Waals surface area (Å²) >= 11 is 19.3. The Hall–Kier alpha value is -2.65. The lowest BCUT2D eigenvalue weighted by atomic mass is 9.83. The summed E-state index contributed by atoms with van der Waals surface area (Å²) in [5.74, 6) is 0.447. The molecule has 0 spiro atoms. The number of nitrogens with zero attached hydrogens (tertiary/aromatic N) is 4. The summed E-state index contributed by atoms with van der Waals surface area (Å²) in [5.41, 5.74) is -0.605. The zero-order valence-electron chi connectivity index (χ0n) is 32.0. The Kier molecular flexibility index (Phi) is 14.8. The molecule has 1 aliphatic heterocycles. The molecule has 4 rings (SSSR count). The van der Waals surface area contributed by atoms with Crippen molar-refractivity contribution < 1.29 is 26.4 Å². The number of carbonyl (C=O) groups excluding carboxylic acids is 1. The Morgan fingerprint density at radius 1 is 1.00 bits per heavy atom. The van der Waals surface area contributed by atoms with Crippen LogP contribution in [0.5, 0.6) is 5.75 Å². The van der Waals surface area contributed by atoms with Crippen LogP contribution in [0.25, 0.3) is 0 Å². The first-order valence-electron chi connectivity index (χ1n) is 17.9. The summed E-state index contributed by atoms with van der Waals surface area (Å²) in [6, 6.07) is 9.71. The van der Waals surface area contributed by atoms with Crippen molar-refractivity contribution in [2.75, 3.05) is 51.3 Å². The summed E-state index contributed by atoms with van der Waals surface area (Å²) in [5, 5.41) is 1.11. The normalized spacial score (nSPS) is 17.7. The van der Waals surface area contributed by atoms with E-state index in [0.717, 1.165) is 5.56 Å². The van der Waals surface area contributed by atoms with Crippen molar-refractivity contribution in [3.63, 3.8) is 0 Å². The van der Waals surface area contributed by atoms with Gasteiger partial charge in [0.2, 0.25) is 10.0 Å². The molecule has 2 aliphatic rings. The molecular weight excluding hydrogens is 793 g/mol. The largest absolute Gasteiger partial charge is 0.493 e. The third-order valence-electron chi connectivity index (χ3n) is 9.03. The highest BCUT2D eigenvalue weighted by molar-refractivity contribution is 7.90. The van der Waals surface area contributed by atoms with E-state index in [1.165, 1.54) is 18.4 Å². The standard InChI is InChI=1S/C38H52Cl3N5O6S2/c1-8-52-33-25-32(41)34(54(50,51)43-37(2,3)4)24-31(33)35(42-38(5,6)28-12-16-30(40)17-13-28)46(26-27-10-14-29(39)15-11-27)36(47)45-21-19-44(20-22-45)18-9-23-53(7,48)49/h10-12,14-17,24-25,28,43H,8-9,13,18-23,26H2,1-7H3/b42-35-. The molecule has 1 heterocycles. The predicted molar refractivity (Wildman–Crippen MR) is 219 cm³/mol. The molecule has 0 saturated carbocycles. The van der Waals surface area contributed by atoms with Gasteiger partial charge < -0.3 is 9.64 Å². The van der Waals surface area contributed by atoms with Crippen molar-refractivity contribution in [3.8, 4) is 5.75 Å². The molecule has 0 aromatic heterocycles. The van der Waals surface area contributed by atoms with Crippen molar-refractivity contribution in [1.29, 1.82) is 0 Å². The first-order valence-corrected chi connectivity index (χ1v) is 22.6. The first-order chi connectivity index (χ1) is 25.1. The van der Waals surface area contributed by atoms with Crippen molar-refractivity contribution in [1.82, 2.24) is 19.4 Å². The van der Waals surface area contributed by atoms with Gasteiger partial charge in [-0.15, -0.1) is 0 Å². The van der Waals surface area contributed by atoms with E-state index in [0.29, 0.717) is 55.6 Å². The van der Waals surface area contributed by atoms with Gasteiger partial charge in [0.1, 0.15) is 26.3 Å². The van der Waals surface area contributed by atoms with Crippen molar-refractivity contribution in [2.45, 2.75) is 76.9 Å². The number of sulfone groups is 1. The van der Waals surface area contributed by atoms with Crippen LogP contribution in [0.1, 0.15) is 65.5 Å². The van der Waals surface area contributed by atoms with Gasteiger partial charge in [-0.25, -0.2) is 26.4 Å². The minimum Gasteiger partial charge on any atom is -0.493 e. The molecule has 1 atom stereocenters. The molecule has 1 unspecified atom stereocenters. The van der Waals surface area contributed by atoms with Gasteiger partial charge in [0, 0.05) is 60.0 Å². The number of hydrogen-bond acceptors (Lipinski definition) is 8. The number of carbonyl (C=O) groups is 1. The van der Waals surface area contributed by atoms with Crippen LogP contribution >= 0.6 is 34.8 Å². The van der Waals surface area contributed by atoms with Crippen LogP contribution in [0.2, 0.25) is 10.0 Å². The highest BCUT2D eigenvalue weighted by Gasteiger charge is 2.36. The van der Waals surface area contributed by atoms with Crippen LogP contribution < -0.4 is 9.46 Å². The second-order valence-corrected chi connectivity index (χ2v) is 20.4. The number of sulfonamides is 1. The fraction of sp³-hybridized carbons (Fsp3) is 0.526. The summed E-state index contributed by atoms with van der Waals surface area (Å²) in [6.07, 6.45) is 8.07. The van der Waals surface area contributed by atoms with Crippen LogP contribution in [-0.2, 0) is 26.4 Å². The van der Waals surface area contributed by atoms with Crippen LogP contribution in [-0.4, -0.2) is 106 Å². The number of urea groups is 1. The predicted octanol–water partition coefficient (Wildman–Crippen LogP) is 7.37. The quantitative estimate of drug-likeness (QED) is 0.165. The molecule has 0 bridgehead atoms. The van der Waals surface area contributed by atoms with E-state index in [4.69, 9.17) is 44.5 Å². The Labute approximate surface area is 336 Å². The van der Waals surface area contributed by atoms with Gasteiger partial charge in [0.25, 0.3) is 0 Å². The zero-order valence-corrected chi connectivity index (χ0v) is 35.9. The molecule has 11 nitrogen and oxygen atoms in total. The number of piperazine rings is 1. The van der Waals surface area contributed by atoms with E-state index in [1.54, 1.807) is 49.6 Å². The molecule has 1 aliphatic carbocycles. The van der Waals surface area contributed by atoms with Gasteiger partial charge in [0.05, 0.1) is 35.0 Å². The number of nitrogens with one attached hydrogen (secondary N) is 1. The van der Waals surface area contributed by atoms with Crippen molar-refractivity contribution in [2.24, 2.45) is 10.9 Å². The molecule has 1 saturated heterocycles. The second-order valence-electron chi connectivity index (χ2n) is 15.3. The summed E-state index contributed by atoms with van der Waals surface area (Å²) < 4.78 is 60.0. The minimum atomic E-state index is -4.16. The van der Waals surface area contributed by atoms with Gasteiger partial charge in [-0.1, -0.05) is 59.1 Å². The minimum absolute atomic E-state index is 0.0462. The fourth-order valence-corrected chi connectivity index (χ4v) is 9.18. The molecule has 1 fully saturated rings. The van der Waals surface area contributed by atoms with Gasteiger partial charge in [-0.05, 0) is 90.8 Å². The van der Waals surface area contributed by atoms with Crippen molar-refractivity contribution >= 4 is 66.5 Å². The van der Waals surface area contributed by atoms with E-state index >= 15 is 0 Å². The lowest BCUT2D eigenvalue weighted by Crippen LogP contribution is -2.54. The molecule has 2 aromatic carbocycles. The first kappa shape index (κ1) is 44.1. The van der Waals surface area contributed by atoms with Crippen LogP contribution in [0.3, 0.4) is 0 Å². The molecule has 2 amide bonds. The number of amides is 2. The maximum atomic E-state index is 15.0. The molecule has 1 N–H and O–H groups in total. The van der Waals surface area contributed by atoms with Crippen LogP contribution in [0, 0.1) is 5.92 Å². The topological polar surface area (TPSA) is 129 Å². The zero-order chi connectivity index (χ0) is 40.1. The number of aliphatic imine (C=N–C) groups is 1. The molecule has 0 radical (unpaired) electrons. The fourth-order valence-electron chi connectivity index (χ4n) is 6.28. The summed E-state index contributed by atoms with van der Waals surface area (Å²) in [6.45, 7) is 13.7. The van der Waals surface area contributed by atoms with Gasteiger partial charge in [-0.3, -0.25) is 14.8 Å². The smallest absolute Gasteiger partial charge is 0.326 e. The molecule has 2 aromatic rings. The Morgan fingerprint density at radius 2 is 1.65 bits per heavy atom. The van der Waals surface area contributed by atoms with Crippen molar-refractivity contribution in [3.05, 3.63) is 80.8 Å². The molecule has 54 heavy (non-hydrogen) atoms. The maximum absolute atomic E-state index is 15.0. The number of ether oxygens (including phenoxy) is 1. The van der Waals surface area contributed by atoms with E-state index < -0.39 is 30.9 Å². The average Bonchev–Trinajstić information content (AvgIpc) is 3.06. The van der Waals surface area contributed by atoms with E-state index in [-0.39, 0.29) is 57.9 Å². The summed E-state index contributed by atoms with van der Waals surface area (Å²) in [7, 11) is -7.24. The Balaban J connectivity index is 1.90. The van der Waals surface area contributed by atoms with E-state index in [2.05, 4.69) is 9.62 Å². The average molecular weight is 845 g/mol. The summed E-state index contributed by atoms with van der Waals surface area (Å²) in [4.78, 5) is 25.6. The maximum Gasteiger partial charge on any atom is 0.326 e. The van der Waals surface area contributed by atoms with E-state index in [1.807, 2.05) is 44.2 Å². The van der Waals surface area contributed by atoms with Crippen LogP contribution in [0.15, 0.2) is 69.5 Å². The lowest BCUT2D eigenvalue weighted by Gasteiger charge is -2.39. The third-order valence-corrected chi connectivity index (χ3v) is 12.8. The van der Waals surface area contributed by atoms with Gasteiger partial charge in [0.15, 0.2) is 0 Å². The number of amidine groups is 1. The Morgan fingerprint density at radius 3 is 2.20 bits per heavy atom. The Bertz CT molecular complexity index is 1970.